The molecule has 172 valence electrons. The fourth-order valence-electron chi connectivity index (χ4n) is 4.29. The quantitative estimate of drug-likeness (QED) is 0.190. The number of aliphatic hydroxyl groups is 6. The second-order valence-corrected chi connectivity index (χ2v) is 9.06. The summed E-state index contributed by atoms with van der Waals surface area (Å²) in [6, 6.07) is 0. The Hall–Kier alpha value is -1.33. The van der Waals surface area contributed by atoms with Crippen molar-refractivity contribution in [2.24, 2.45) is 11.3 Å². The van der Waals surface area contributed by atoms with E-state index in [-0.39, 0.29) is 5.92 Å². The Morgan fingerprint density at radius 1 is 1.17 bits per heavy atom. The Bertz CT molecular complexity index is 671. The lowest BCUT2D eigenvalue weighted by Gasteiger charge is -2.50. The second-order valence-electron chi connectivity index (χ2n) is 9.06. The van der Waals surface area contributed by atoms with Crippen LogP contribution in [0.3, 0.4) is 0 Å². The van der Waals surface area contributed by atoms with Crippen LogP contribution in [0.25, 0.3) is 0 Å². The number of esters is 1. The van der Waals surface area contributed by atoms with E-state index >= 15 is 0 Å². The second kappa shape index (κ2) is 9.44. The minimum atomic E-state index is -1.67. The maximum Gasteiger partial charge on any atom is 0.333 e. The van der Waals surface area contributed by atoms with Crippen LogP contribution in [-0.4, -0.2) is 85.6 Å². The molecule has 1 saturated heterocycles. The third-order valence-corrected chi connectivity index (χ3v) is 6.23. The van der Waals surface area contributed by atoms with E-state index in [9.17, 15) is 35.4 Å². The van der Waals surface area contributed by atoms with Crippen LogP contribution < -0.4 is 0 Å². The molecule has 0 unspecified atom stereocenters. The van der Waals surface area contributed by atoms with E-state index in [1.165, 1.54) is 0 Å². The van der Waals surface area contributed by atoms with Crippen LogP contribution in [0.2, 0.25) is 0 Å². The first kappa shape index (κ1) is 24.9. The highest BCUT2D eigenvalue weighted by molar-refractivity contribution is 5.83. The molecule has 9 nitrogen and oxygen atoms in total. The van der Waals surface area contributed by atoms with Crippen molar-refractivity contribution in [1.82, 2.24) is 0 Å². The molecule has 2 fully saturated rings. The lowest BCUT2D eigenvalue weighted by atomic mass is 9.60. The van der Waals surface area contributed by atoms with Crippen LogP contribution in [0.1, 0.15) is 40.5 Å². The summed E-state index contributed by atoms with van der Waals surface area (Å²) >= 11 is 0. The minimum Gasteiger partial charge on any atom is -0.430 e. The third kappa shape index (κ3) is 5.11. The van der Waals surface area contributed by atoms with Gasteiger partial charge in [-0.05, 0) is 36.7 Å². The van der Waals surface area contributed by atoms with Crippen molar-refractivity contribution < 1.29 is 44.9 Å². The van der Waals surface area contributed by atoms with Gasteiger partial charge in [-0.3, -0.25) is 0 Å². The summed E-state index contributed by atoms with van der Waals surface area (Å²) < 4.78 is 10.2. The summed E-state index contributed by atoms with van der Waals surface area (Å²) in [5.74, 6) is -1.05. The van der Waals surface area contributed by atoms with Crippen LogP contribution in [-0.2, 0) is 14.3 Å². The summed E-state index contributed by atoms with van der Waals surface area (Å²) in [6.45, 7) is 6.62. The van der Waals surface area contributed by atoms with Gasteiger partial charge in [0.25, 0.3) is 0 Å². The fourth-order valence-corrected chi connectivity index (χ4v) is 4.29. The van der Waals surface area contributed by atoms with Crippen molar-refractivity contribution in [3.05, 3.63) is 23.8 Å². The van der Waals surface area contributed by atoms with Crippen LogP contribution in [0.4, 0.5) is 0 Å². The van der Waals surface area contributed by atoms with Gasteiger partial charge in [0.2, 0.25) is 6.29 Å². The maximum absolute atomic E-state index is 12.2. The number of hydrogen-bond acceptors (Lipinski definition) is 9. The van der Waals surface area contributed by atoms with Gasteiger partial charge in [-0.15, -0.1) is 0 Å². The van der Waals surface area contributed by atoms with E-state index in [2.05, 4.69) is 0 Å². The average Bonchev–Trinajstić information content (AvgIpc) is 2.64. The molecule has 1 aliphatic heterocycles. The largest absolute Gasteiger partial charge is 0.430 e. The number of allylic oxidation sites excluding steroid dienone is 2. The molecule has 0 spiro atoms. The van der Waals surface area contributed by atoms with Crippen LogP contribution in [0.5, 0.6) is 0 Å². The zero-order valence-corrected chi connectivity index (χ0v) is 17.8. The van der Waals surface area contributed by atoms with Crippen LogP contribution >= 0.6 is 0 Å². The highest BCUT2D eigenvalue weighted by Gasteiger charge is 2.50. The van der Waals surface area contributed by atoms with Crippen LogP contribution in [0, 0.1) is 11.3 Å². The predicted octanol–water partition coefficient (Wildman–Crippen LogP) is -0.620. The van der Waals surface area contributed by atoms with E-state index in [1.807, 2.05) is 20.8 Å². The Balaban J connectivity index is 2.07. The van der Waals surface area contributed by atoms with E-state index < -0.39 is 60.4 Å². The molecule has 6 N–H and O–H groups in total. The summed E-state index contributed by atoms with van der Waals surface area (Å²) in [6.07, 6.45) is -2.81. The van der Waals surface area contributed by atoms with Crippen LogP contribution in [0.15, 0.2) is 23.8 Å². The van der Waals surface area contributed by atoms with Gasteiger partial charge >= 0.3 is 5.97 Å². The standard InChI is InChI=1S/C21H34O9/c1-11(5-6-21(28)12(2)8-13(23)9-20(21,3)4)7-15(24)30-19-18(27)17(26)16(25)14(10-22)29-19/h5-7,12-14,16-19,22-23,25-28H,8-10H2,1-4H3/b6-5+,11-7-/t12-,13+,14+,16+,17-,18+,19-,21+/m0/s1. The highest BCUT2D eigenvalue weighted by Crippen LogP contribution is 2.48. The van der Waals surface area contributed by atoms with Gasteiger partial charge < -0.3 is 40.1 Å². The molecule has 0 aromatic rings. The van der Waals surface area contributed by atoms with Crippen molar-refractivity contribution in [2.75, 3.05) is 6.61 Å². The normalized spacial score (nSPS) is 42.3. The molecular formula is C21H34O9. The minimum absolute atomic E-state index is 0.193. The van der Waals surface area contributed by atoms with Crippen molar-refractivity contribution in [3.8, 4) is 0 Å². The monoisotopic (exact) mass is 430 g/mol. The zero-order valence-electron chi connectivity index (χ0n) is 17.8. The Kier molecular flexibility index (Phi) is 7.84. The van der Waals surface area contributed by atoms with Crippen molar-refractivity contribution in [1.29, 1.82) is 0 Å². The number of aliphatic hydroxyl groups excluding tert-OH is 5. The molecule has 1 saturated carbocycles. The molecule has 0 aromatic carbocycles. The van der Waals surface area contributed by atoms with Crippen molar-refractivity contribution in [2.45, 2.75) is 82.9 Å². The first-order valence-electron chi connectivity index (χ1n) is 10.1. The zero-order chi connectivity index (χ0) is 22.9. The van der Waals surface area contributed by atoms with Gasteiger partial charge in [0.05, 0.1) is 18.3 Å². The highest BCUT2D eigenvalue weighted by atomic mass is 16.7. The molecule has 1 aliphatic carbocycles. The molecule has 30 heavy (non-hydrogen) atoms. The predicted molar refractivity (Wildman–Crippen MR) is 106 cm³/mol. The first-order valence-corrected chi connectivity index (χ1v) is 10.1. The Morgan fingerprint density at radius 3 is 2.37 bits per heavy atom. The molecule has 9 heteroatoms. The molecule has 8 atom stereocenters. The fraction of sp³-hybridized carbons (Fsp3) is 0.762. The Labute approximate surface area is 176 Å². The van der Waals surface area contributed by atoms with Crippen molar-refractivity contribution >= 4 is 5.97 Å². The third-order valence-electron chi connectivity index (χ3n) is 6.23. The molecule has 2 aliphatic rings. The van der Waals surface area contributed by atoms with Gasteiger partial charge in [0.1, 0.15) is 24.4 Å². The topological polar surface area (TPSA) is 157 Å². The molecule has 0 bridgehead atoms. The van der Waals surface area contributed by atoms with E-state index in [4.69, 9.17) is 9.47 Å². The molecular weight excluding hydrogens is 396 g/mol. The summed E-state index contributed by atoms with van der Waals surface area (Å²) in [5, 5.41) is 59.8. The Morgan fingerprint density at radius 2 is 1.80 bits per heavy atom. The van der Waals surface area contributed by atoms with E-state index in [1.54, 1.807) is 19.1 Å². The molecule has 2 rings (SSSR count). The lowest BCUT2D eigenvalue weighted by Crippen LogP contribution is -2.59. The van der Waals surface area contributed by atoms with Gasteiger partial charge in [-0.2, -0.15) is 0 Å². The van der Waals surface area contributed by atoms with Gasteiger partial charge in [0.15, 0.2) is 0 Å². The molecule has 0 radical (unpaired) electrons. The van der Waals surface area contributed by atoms with E-state index in [0.29, 0.717) is 18.4 Å². The van der Waals surface area contributed by atoms with Gasteiger partial charge in [0, 0.05) is 6.08 Å². The SMILES string of the molecule is CC(=C/C(=O)O[C@@H]1O[C@H](CO)[C@@H](O)[C@H](O)[C@H]1O)/C=C/[C@@]1(O)[C@@H](C)C[C@@H](O)CC1(C)C. The number of ether oxygens (including phenoxy) is 2. The smallest absolute Gasteiger partial charge is 0.333 e. The molecule has 1 heterocycles. The average molecular weight is 430 g/mol. The van der Waals surface area contributed by atoms with Gasteiger partial charge in [-0.1, -0.05) is 32.9 Å². The summed E-state index contributed by atoms with van der Waals surface area (Å²) in [7, 11) is 0. The van der Waals surface area contributed by atoms with Crippen molar-refractivity contribution in [3.63, 3.8) is 0 Å². The molecule has 0 amide bonds. The van der Waals surface area contributed by atoms with E-state index in [0.717, 1.165) is 6.08 Å². The number of rotatable bonds is 5. The number of carbonyl (C=O) groups excluding carboxylic acids is 1. The summed E-state index contributed by atoms with van der Waals surface area (Å²) in [5.41, 5.74) is -1.28. The summed E-state index contributed by atoms with van der Waals surface area (Å²) in [4.78, 5) is 12.2. The molecule has 0 aromatic heterocycles. The maximum atomic E-state index is 12.2. The number of carbonyl (C=O) groups is 1. The number of hydrogen-bond donors (Lipinski definition) is 6. The van der Waals surface area contributed by atoms with Gasteiger partial charge in [-0.25, -0.2) is 4.79 Å². The first-order chi connectivity index (χ1) is 13.8. The lowest BCUT2D eigenvalue weighted by molar-refractivity contribution is -0.291.